The second-order valence-corrected chi connectivity index (χ2v) is 5.17. The molecule has 1 aromatic carbocycles. The third-order valence-electron chi connectivity index (χ3n) is 3.22. The Hall–Kier alpha value is -1.00. The van der Waals surface area contributed by atoms with E-state index < -0.39 is 6.10 Å². The molecule has 1 aromatic heterocycles. The summed E-state index contributed by atoms with van der Waals surface area (Å²) in [7, 11) is 0. The van der Waals surface area contributed by atoms with E-state index in [1.165, 1.54) is 6.26 Å². The molecule has 2 aromatic rings. The molecule has 0 radical (unpaired) electrons. The van der Waals surface area contributed by atoms with Crippen LogP contribution >= 0.6 is 23.2 Å². The first-order chi connectivity index (χ1) is 9.06. The molecule has 0 fully saturated rings. The summed E-state index contributed by atoms with van der Waals surface area (Å²) >= 11 is 12.3. The highest BCUT2D eigenvalue weighted by molar-refractivity contribution is 6.36. The van der Waals surface area contributed by atoms with Crippen LogP contribution in [0.4, 0.5) is 0 Å². The van der Waals surface area contributed by atoms with Gasteiger partial charge in [-0.05, 0) is 30.7 Å². The van der Waals surface area contributed by atoms with Gasteiger partial charge in [0.25, 0.3) is 0 Å². The highest BCUT2D eigenvalue weighted by Crippen LogP contribution is 2.39. The lowest BCUT2D eigenvalue weighted by Crippen LogP contribution is -2.21. The molecule has 0 saturated carbocycles. The van der Waals surface area contributed by atoms with Crippen molar-refractivity contribution in [1.29, 1.82) is 0 Å². The Labute approximate surface area is 121 Å². The van der Waals surface area contributed by atoms with Crippen LogP contribution in [0.5, 0.6) is 0 Å². The third-order valence-corrected chi connectivity index (χ3v) is 3.88. The topological polar surface area (TPSA) is 59.4 Å². The number of nitrogens with two attached hydrogens (primary N) is 1. The Morgan fingerprint density at radius 3 is 2.37 bits per heavy atom. The number of furan rings is 1. The van der Waals surface area contributed by atoms with Gasteiger partial charge in [-0.1, -0.05) is 29.3 Å². The summed E-state index contributed by atoms with van der Waals surface area (Å²) in [6.07, 6.45) is 0.733. The van der Waals surface area contributed by atoms with Crippen LogP contribution in [0.2, 0.25) is 10.0 Å². The largest absolute Gasteiger partial charge is 0.469 e. The summed E-state index contributed by atoms with van der Waals surface area (Å²) in [6.45, 7) is 2.02. The molecule has 19 heavy (non-hydrogen) atoms. The molecule has 5 heteroatoms. The Kier molecular flexibility index (Phi) is 4.53. The van der Waals surface area contributed by atoms with Gasteiger partial charge in [0.1, 0.15) is 5.76 Å². The maximum atomic E-state index is 10.5. The van der Waals surface area contributed by atoms with Gasteiger partial charge in [0.2, 0.25) is 0 Å². The Morgan fingerprint density at radius 1 is 1.26 bits per heavy atom. The van der Waals surface area contributed by atoms with Crippen molar-refractivity contribution in [2.24, 2.45) is 5.73 Å². The first-order valence-electron chi connectivity index (χ1n) is 5.92. The van der Waals surface area contributed by atoms with Crippen molar-refractivity contribution in [3.05, 3.63) is 57.5 Å². The number of halogens is 2. The number of hydrogen-bond donors (Lipinski definition) is 2. The van der Waals surface area contributed by atoms with E-state index in [0.717, 1.165) is 0 Å². The SMILES string of the molecule is Cc1occc1C(O)C(CN)c1c(Cl)cccc1Cl. The van der Waals surface area contributed by atoms with E-state index in [9.17, 15) is 5.11 Å². The van der Waals surface area contributed by atoms with Crippen molar-refractivity contribution >= 4 is 23.2 Å². The van der Waals surface area contributed by atoms with Crippen LogP contribution < -0.4 is 5.73 Å². The van der Waals surface area contributed by atoms with Crippen LogP contribution in [0.1, 0.15) is 28.9 Å². The van der Waals surface area contributed by atoms with Crippen LogP contribution in [-0.4, -0.2) is 11.7 Å². The van der Waals surface area contributed by atoms with Gasteiger partial charge in [-0.2, -0.15) is 0 Å². The Morgan fingerprint density at radius 2 is 1.89 bits per heavy atom. The van der Waals surface area contributed by atoms with Crippen LogP contribution in [0.3, 0.4) is 0 Å². The van der Waals surface area contributed by atoms with E-state index in [0.29, 0.717) is 26.9 Å². The molecule has 0 amide bonds. The molecule has 2 unspecified atom stereocenters. The zero-order chi connectivity index (χ0) is 14.0. The zero-order valence-electron chi connectivity index (χ0n) is 10.4. The number of aliphatic hydroxyl groups excluding tert-OH is 1. The molecule has 2 atom stereocenters. The maximum absolute atomic E-state index is 10.5. The van der Waals surface area contributed by atoms with Gasteiger partial charge >= 0.3 is 0 Å². The van der Waals surface area contributed by atoms with Crippen molar-refractivity contribution in [3.63, 3.8) is 0 Å². The van der Waals surface area contributed by atoms with Crippen molar-refractivity contribution in [1.82, 2.24) is 0 Å². The lowest BCUT2D eigenvalue weighted by molar-refractivity contribution is 0.145. The molecule has 0 aliphatic carbocycles. The van der Waals surface area contributed by atoms with Crippen molar-refractivity contribution < 1.29 is 9.52 Å². The molecular weight excluding hydrogens is 285 g/mol. The molecular formula is C14H15Cl2NO2. The van der Waals surface area contributed by atoms with Crippen LogP contribution in [0.15, 0.2) is 34.9 Å². The van der Waals surface area contributed by atoms with E-state index >= 15 is 0 Å². The highest BCUT2D eigenvalue weighted by atomic mass is 35.5. The average Bonchev–Trinajstić information content (AvgIpc) is 2.79. The maximum Gasteiger partial charge on any atom is 0.106 e. The summed E-state index contributed by atoms with van der Waals surface area (Å²) in [4.78, 5) is 0. The summed E-state index contributed by atoms with van der Waals surface area (Å²) in [5.41, 5.74) is 7.16. The first kappa shape index (κ1) is 14.4. The Balaban J connectivity index is 2.43. The van der Waals surface area contributed by atoms with E-state index in [1.54, 1.807) is 31.2 Å². The number of rotatable bonds is 4. The summed E-state index contributed by atoms with van der Waals surface area (Å²) in [5, 5.41) is 11.5. The number of aryl methyl sites for hydroxylation is 1. The molecule has 0 saturated heterocycles. The predicted octanol–water partition coefficient (Wildman–Crippen LogP) is 3.67. The van der Waals surface area contributed by atoms with Crippen LogP contribution in [0.25, 0.3) is 0 Å². The zero-order valence-corrected chi connectivity index (χ0v) is 11.9. The molecule has 0 spiro atoms. The molecule has 0 aliphatic heterocycles. The van der Waals surface area contributed by atoms with Gasteiger partial charge in [0.15, 0.2) is 0 Å². The minimum absolute atomic E-state index is 0.231. The van der Waals surface area contributed by atoms with Crippen molar-refractivity contribution in [3.8, 4) is 0 Å². The van der Waals surface area contributed by atoms with E-state index in [4.69, 9.17) is 33.4 Å². The van der Waals surface area contributed by atoms with Crippen molar-refractivity contribution in [2.45, 2.75) is 18.9 Å². The summed E-state index contributed by atoms with van der Waals surface area (Å²) in [5.74, 6) is 0.284. The highest BCUT2D eigenvalue weighted by Gasteiger charge is 2.27. The number of aliphatic hydroxyl groups is 1. The van der Waals surface area contributed by atoms with Gasteiger partial charge in [-0.15, -0.1) is 0 Å². The lowest BCUT2D eigenvalue weighted by Gasteiger charge is -2.23. The first-order valence-corrected chi connectivity index (χ1v) is 6.68. The number of benzene rings is 1. The molecule has 3 nitrogen and oxygen atoms in total. The fourth-order valence-corrected chi connectivity index (χ4v) is 2.87. The van der Waals surface area contributed by atoms with Gasteiger partial charge in [0, 0.05) is 28.1 Å². The standard InChI is InChI=1S/C14H15Cl2NO2/c1-8-9(5-6-19-8)14(18)10(7-17)13-11(15)3-2-4-12(13)16/h2-6,10,14,18H,7,17H2,1H3. The molecule has 2 rings (SSSR count). The second-order valence-electron chi connectivity index (χ2n) is 4.35. The molecule has 0 bridgehead atoms. The minimum Gasteiger partial charge on any atom is -0.469 e. The van der Waals surface area contributed by atoms with E-state index in [-0.39, 0.29) is 12.5 Å². The van der Waals surface area contributed by atoms with E-state index in [1.807, 2.05) is 0 Å². The van der Waals surface area contributed by atoms with Gasteiger partial charge in [0.05, 0.1) is 12.4 Å². The fourth-order valence-electron chi connectivity index (χ4n) is 2.19. The monoisotopic (exact) mass is 299 g/mol. The summed E-state index contributed by atoms with van der Waals surface area (Å²) < 4.78 is 5.21. The molecule has 1 heterocycles. The van der Waals surface area contributed by atoms with Crippen molar-refractivity contribution in [2.75, 3.05) is 6.54 Å². The van der Waals surface area contributed by atoms with Crippen LogP contribution in [0, 0.1) is 6.92 Å². The van der Waals surface area contributed by atoms with Gasteiger partial charge < -0.3 is 15.3 Å². The fraction of sp³-hybridized carbons (Fsp3) is 0.286. The quantitative estimate of drug-likeness (QED) is 0.905. The average molecular weight is 300 g/mol. The van der Waals surface area contributed by atoms with E-state index in [2.05, 4.69) is 0 Å². The summed E-state index contributed by atoms with van der Waals surface area (Å²) in [6, 6.07) is 6.96. The minimum atomic E-state index is -0.804. The van der Waals surface area contributed by atoms with Gasteiger partial charge in [-0.3, -0.25) is 0 Å². The molecule has 3 N–H and O–H groups in total. The van der Waals surface area contributed by atoms with Crippen LogP contribution in [-0.2, 0) is 0 Å². The molecule has 102 valence electrons. The number of hydrogen-bond acceptors (Lipinski definition) is 3. The second kappa shape index (κ2) is 5.97. The Bertz CT molecular complexity index is 548. The lowest BCUT2D eigenvalue weighted by atomic mass is 9.89. The normalized spacial score (nSPS) is 14.4. The third kappa shape index (κ3) is 2.79. The molecule has 0 aliphatic rings. The smallest absolute Gasteiger partial charge is 0.106 e. The predicted molar refractivity (Wildman–Crippen MR) is 76.7 cm³/mol. The van der Waals surface area contributed by atoms with Gasteiger partial charge in [-0.25, -0.2) is 0 Å².